The molecule has 0 radical (unpaired) electrons. The first-order chi connectivity index (χ1) is 9.86. The lowest BCUT2D eigenvalue weighted by molar-refractivity contribution is 0.0179. The SMILES string of the molecule is COCCOCCOCCOc1ccc(CCN)nc1. The van der Waals surface area contributed by atoms with Crippen LogP contribution in [0.4, 0.5) is 0 Å². The van der Waals surface area contributed by atoms with Crippen LogP contribution in [0.15, 0.2) is 18.3 Å². The summed E-state index contributed by atoms with van der Waals surface area (Å²) in [6.07, 6.45) is 2.49. The molecule has 6 nitrogen and oxygen atoms in total. The lowest BCUT2D eigenvalue weighted by Gasteiger charge is -2.08. The van der Waals surface area contributed by atoms with Crippen LogP contribution in [0.5, 0.6) is 5.75 Å². The number of hydrogen-bond acceptors (Lipinski definition) is 6. The van der Waals surface area contributed by atoms with Crippen molar-refractivity contribution < 1.29 is 18.9 Å². The van der Waals surface area contributed by atoms with Gasteiger partial charge in [-0.05, 0) is 18.7 Å². The minimum atomic E-state index is 0.496. The molecule has 0 aliphatic heterocycles. The first kappa shape index (κ1) is 16.8. The van der Waals surface area contributed by atoms with Crippen LogP contribution < -0.4 is 10.5 Å². The summed E-state index contributed by atoms with van der Waals surface area (Å²) in [6.45, 7) is 3.95. The Morgan fingerprint density at radius 2 is 1.70 bits per heavy atom. The molecule has 6 heteroatoms. The van der Waals surface area contributed by atoms with E-state index in [-0.39, 0.29) is 0 Å². The second kappa shape index (κ2) is 11.6. The lowest BCUT2D eigenvalue weighted by Crippen LogP contribution is -2.12. The van der Waals surface area contributed by atoms with Crippen molar-refractivity contribution in [1.29, 1.82) is 0 Å². The molecule has 1 aromatic heterocycles. The molecule has 1 heterocycles. The summed E-state index contributed by atoms with van der Waals surface area (Å²) in [6, 6.07) is 3.82. The van der Waals surface area contributed by atoms with Crippen molar-refractivity contribution in [2.45, 2.75) is 6.42 Å². The van der Waals surface area contributed by atoms with Crippen molar-refractivity contribution in [3.8, 4) is 5.75 Å². The molecule has 2 N–H and O–H groups in total. The average Bonchev–Trinajstić information content (AvgIpc) is 2.47. The van der Waals surface area contributed by atoms with E-state index >= 15 is 0 Å². The molecule has 0 spiro atoms. The standard InChI is InChI=1S/C14H24N2O4/c1-17-6-7-18-8-9-19-10-11-20-14-3-2-13(4-5-15)16-12-14/h2-3,12H,4-11,15H2,1H3. The Morgan fingerprint density at radius 1 is 1.00 bits per heavy atom. The lowest BCUT2D eigenvalue weighted by atomic mass is 10.3. The maximum absolute atomic E-state index is 5.50. The Labute approximate surface area is 120 Å². The number of methoxy groups -OCH3 is 1. The number of nitrogens with two attached hydrogens (primary N) is 1. The van der Waals surface area contributed by atoms with Crippen molar-refractivity contribution in [1.82, 2.24) is 4.98 Å². The summed E-state index contributed by atoms with van der Waals surface area (Å²) in [7, 11) is 1.65. The molecule has 114 valence electrons. The van der Waals surface area contributed by atoms with Gasteiger partial charge in [0.15, 0.2) is 0 Å². The van der Waals surface area contributed by atoms with E-state index in [9.17, 15) is 0 Å². The highest BCUT2D eigenvalue weighted by Gasteiger charge is 1.97. The predicted octanol–water partition coefficient (Wildman–Crippen LogP) is 0.641. The zero-order valence-corrected chi connectivity index (χ0v) is 12.0. The van der Waals surface area contributed by atoms with Crippen molar-refractivity contribution >= 4 is 0 Å². The predicted molar refractivity (Wildman–Crippen MR) is 76.0 cm³/mol. The van der Waals surface area contributed by atoms with Crippen LogP contribution in [0.2, 0.25) is 0 Å². The Balaban J connectivity index is 1.98. The fourth-order valence-corrected chi connectivity index (χ4v) is 1.47. The van der Waals surface area contributed by atoms with Gasteiger partial charge in [0.1, 0.15) is 12.4 Å². The smallest absolute Gasteiger partial charge is 0.137 e. The van der Waals surface area contributed by atoms with Gasteiger partial charge in [-0.15, -0.1) is 0 Å². The van der Waals surface area contributed by atoms with Crippen LogP contribution in [0.1, 0.15) is 5.69 Å². The van der Waals surface area contributed by atoms with Gasteiger partial charge in [-0.2, -0.15) is 0 Å². The third-order valence-electron chi connectivity index (χ3n) is 2.50. The van der Waals surface area contributed by atoms with E-state index < -0.39 is 0 Å². The van der Waals surface area contributed by atoms with E-state index in [1.165, 1.54) is 0 Å². The third kappa shape index (κ3) is 8.06. The van der Waals surface area contributed by atoms with Gasteiger partial charge in [0, 0.05) is 19.2 Å². The largest absolute Gasteiger partial charge is 0.490 e. The van der Waals surface area contributed by atoms with Crippen molar-refractivity contribution in [3.05, 3.63) is 24.0 Å². The van der Waals surface area contributed by atoms with Gasteiger partial charge < -0.3 is 24.7 Å². The zero-order chi connectivity index (χ0) is 14.5. The number of aromatic nitrogens is 1. The Hall–Kier alpha value is -1.21. The van der Waals surface area contributed by atoms with E-state index in [0.29, 0.717) is 46.2 Å². The maximum atomic E-state index is 5.50. The summed E-state index contributed by atoms with van der Waals surface area (Å²) >= 11 is 0. The molecule has 0 aromatic carbocycles. The zero-order valence-electron chi connectivity index (χ0n) is 12.0. The van der Waals surface area contributed by atoms with Crippen LogP contribution in [-0.4, -0.2) is 58.3 Å². The second-order valence-corrected chi connectivity index (χ2v) is 4.09. The van der Waals surface area contributed by atoms with Crippen LogP contribution >= 0.6 is 0 Å². The van der Waals surface area contributed by atoms with E-state index in [0.717, 1.165) is 17.9 Å². The summed E-state index contributed by atoms with van der Waals surface area (Å²) in [4.78, 5) is 4.25. The minimum Gasteiger partial charge on any atom is -0.490 e. The molecule has 0 saturated heterocycles. The summed E-state index contributed by atoms with van der Waals surface area (Å²) in [5.41, 5.74) is 6.43. The average molecular weight is 284 g/mol. The fraction of sp³-hybridized carbons (Fsp3) is 0.643. The quantitative estimate of drug-likeness (QED) is 0.568. The van der Waals surface area contributed by atoms with Gasteiger partial charge in [0.25, 0.3) is 0 Å². The Bertz CT molecular complexity index is 332. The molecule has 0 unspecified atom stereocenters. The summed E-state index contributed by atoms with van der Waals surface area (Å²) in [5, 5.41) is 0. The van der Waals surface area contributed by atoms with Crippen molar-refractivity contribution in [3.63, 3.8) is 0 Å². The summed E-state index contributed by atoms with van der Waals surface area (Å²) in [5.74, 6) is 0.741. The van der Waals surface area contributed by atoms with E-state index in [1.807, 2.05) is 12.1 Å². The molecule has 1 rings (SSSR count). The Morgan fingerprint density at radius 3 is 2.30 bits per heavy atom. The normalized spacial score (nSPS) is 10.7. The van der Waals surface area contributed by atoms with Crippen LogP contribution in [-0.2, 0) is 20.6 Å². The van der Waals surface area contributed by atoms with Gasteiger partial charge >= 0.3 is 0 Å². The fourth-order valence-electron chi connectivity index (χ4n) is 1.47. The van der Waals surface area contributed by atoms with Gasteiger partial charge in [-0.3, -0.25) is 4.98 Å². The van der Waals surface area contributed by atoms with E-state index in [1.54, 1.807) is 13.3 Å². The molecular weight excluding hydrogens is 260 g/mol. The first-order valence-corrected chi connectivity index (χ1v) is 6.79. The Kier molecular flexibility index (Phi) is 9.77. The highest BCUT2D eigenvalue weighted by molar-refractivity contribution is 5.19. The van der Waals surface area contributed by atoms with Gasteiger partial charge in [-0.1, -0.05) is 0 Å². The van der Waals surface area contributed by atoms with Gasteiger partial charge in [0.05, 0.1) is 39.2 Å². The maximum Gasteiger partial charge on any atom is 0.137 e. The molecule has 0 atom stereocenters. The number of hydrogen-bond donors (Lipinski definition) is 1. The molecule has 0 aliphatic carbocycles. The van der Waals surface area contributed by atoms with Crippen molar-refractivity contribution in [2.75, 3.05) is 53.3 Å². The molecular formula is C14H24N2O4. The topological polar surface area (TPSA) is 75.8 Å². The number of nitrogens with zero attached hydrogens (tertiary/aromatic N) is 1. The van der Waals surface area contributed by atoms with Gasteiger partial charge in [0.2, 0.25) is 0 Å². The monoisotopic (exact) mass is 284 g/mol. The third-order valence-corrected chi connectivity index (χ3v) is 2.50. The van der Waals surface area contributed by atoms with Crippen LogP contribution in [0, 0.1) is 0 Å². The van der Waals surface area contributed by atoms with Gasteiger partial charge in [-0.25, -0.2) is 0 Å². The molecule has 0 aliphatic rings. The van der Waals surface area contributed by atoms with Crippen LogP contribution in [0.25, 0.3) is 0 Å². The number of pyridine rings is 1. The second-order valence-electron chi connectivity index (χ2n) is 4.09. The summed E-state index contributed by atoms with van der Waals surface area (Å²) < 4.78 is 21.0. The highest BCUT2D eigenvalue weighted by Crippen LogP contribution is 2.08. The van der Waals surface area contributed by atoms with Crippen molar-refractivity contribution in [2.24, 2.45) is 5.73 Å². The van der Waals surface area contributed by atoms with E-state index in [2.05, 4.69) is 4.98 Å². The first-order valence-electron chi connectivity index (χ1n) is 6.79. The van der Waals surface area contributed by atoms with E-state index in [4.69, 9.17) is 24.7 Å². The molecule has 0 fully saturated rings. The highest BCUT2D eigenvalue weighted by atomic mass is 16.6. The molecule has 0 saturated carbocycles. The number of ether oxygens (including phenoxy) is 4. The molecule has 0 bridgehead atoms. The molecule has 20 heavy (non-hydrogen) atoms. The minimum absolute atomic E-state index is 0.496. The van der Waals surface area contributed by atoms with Crippen LogP contribution in [0.3, 0.4) is 0 Å². The molecule has 0 amide bonds. The molecule has 1 aromatic rings. The number of rotatable bonds is 12.